The molecule has 5 radical (unpaired) electrons. The maximum absolute atomic E-state index is 13.1. The van der Waals surface area contributed by atoms with E-state index in [-0.39, 0.29) is 119 Å². The van der Waals surface area contributed by atoms with Gasteiger partial charge in [-0.05, 0) is 128 Å². The van der Waals surface area contributed by atoms with Gasteiger partial charge in [-0.3, -0.25) is 19.2 Å². The Bertz CT molecular complexity index is 5560. The predicted octanol–water partition coefficient (Wildman–Crippen LogP) is 20.9. The Morgan fingerprint density at radius 2 is 0.616 bits per heavy atom. The van der Waals surface area contributed by atoms with Crippen molar-refractivity contribution in [3.05, 3.63) is 392 Å². The molecule has 12 aromatic carbocycles. The van der Waals surface area contributed by atoms with Crippen molar-refractivity contribution < 1.29 is 58.0 Å². The molecule has 4 atom stereocenters. The molecule has 723 valence electrons. The zero-order chi connectivity index (χ0) is 96.7. The van der Waals surface area contributed by atoms with Gasteiger partial charge in [-0.1, -0.05) is 376 Å². The number of thioether (sulfide) groups is 2. The number of benzene rings is 12. The first-order chi connectivity index (χ1) is 64.8. The molecule has 0 saturated carbocycles. The van der Waals surface area contributed by atoms with Gasteiger partial charge < -0.3 is 62.9 Å². The van der Waals surface area contributed by atoms with Gasteiger partial charge in [0.1, 0.15) is 37.2 Å². The average molecular weight is 1950 g/mol. The number of amides is 4. The lowest BCUT2D eigenvalue weighted by molar-refractivity contribution is -0.141. The van der Waals surface area contributed by atoms with Crippen LogP contribution in [0.3, 0.4) is 0 Å². The Balaban J connectivity index is 0.000000319. The summed E-state index contributed by atoms with van der Waals surface area (Å²) >= 11 is 12.9. The standard InChI is InChI=1S/C42H42N2O3S.C23H25NS.C19H19NO4.C15H11ClO2.C6H14N2OS.C4H9NO2.3CH4.Al.B2.2H/c1-29-17-21-33(22-18-29)42(32-11-5-4-6-12-32,34-23-19-30(2)20-24-34)48-26-25-43-40(45)31(3)27-44-41(46)47-28-39-37-15-9-7-13-35(37)36-14-8-10-16-38(36)39;1-18-8-12-21(13-9-18)23(25-17-16-24,20-6-4-3-5-7-20)22-14-10-19(2)11-15-22;1-12(18(21)22)10-20-19(23)24-11-17-15-8-4-2-6-13(15)14-7-3-5-9-16(14)17;16-15(17)18-9-14-12-7-3-1-5-10(12)11-6-2-4-8-13(11)14;1-5(4-7)6(9)8-2-3-10;1-3(2-5)4(6)7;;;;;1-2;;/h4-24,31,39H,25-28H2,1-3H3,(H,43,45)(H,44,46);3-15H,16-17,24H2,1-2H3;2-9,12,17H,10-11H2,1H3,(H,20,23)(H,21,22);1-8,14H,9H2;5,10H,2-4,7H2,1H3,(H,8,9);3H,2,5H2,1H3,(H,6,7);3*1H4;;;;. The number of nitrogens with two attached hydrogens (primary N) is 3. The number of hydrogen-bond acceptors (Lipinski definition) is 16. The van der Waals surface area contributed by atoms with Crippen LogP contribution in [0.2, 0.25) is 0 Å². The highest BCUT2D eigenvalue weighted by Crippen LogP contribution is 2.52. The van der Waals surface area contributed by atoms with E-state index in [9.17, 15) is 33.6 Å². The van der Waals surface area contributed by atoms with E-state index in [0.717, 1.165) is 28.0 Å². The molecule has 0 aliphatic heterocycles. The Morgan fingerprint density at radius 1 is 0.362 bits per heavy atom. The van der Waals surface area contributed by atoms with E-state index in [0.29, 0.717) is 37.7 Å². The van der Waals surface area contributed by atoms with Crippen LogP contribution in [0.15, 0.2) is 303 Å². The number of aryl methyl sites for hydroxylation is 4. The minimum atomic E-state index is -0.950. The number of nitrogens with one attached hydrogen (secondary N) is 4. The number of aliphatic carboxylic acids is 2. The summed E-state index contributed by atoms with van der Waals surface area (Å²) in [7, 11) is 8.00. The van der Waals surface area contributed by atoms with E-state index in [1.165, 1.54) is 107 Å². The van der Waals surface area contributed by atoms with Crippen LogP contribution in [0.25, 0.3) is 33.4 Å². The highest BCUT2D eigenvalue weighted by atomic mass is 35.5. The molecule has 19 nitrogen and oxygen atoms in total. The van der Waals surface area contributed by atoms with Crippen molar-refractivity contribution >= 4 is 122 Å². The number of carbonyl (C=O) groups excluding carboxylic acids is 5. The van der Waals surface area contributed by atoms with Gasteiger partial charge in [0.05, 0.1) is 27.2 Å². The maximum atomic E-state index is 13.1. The third-order valence-electron chi connectivity index (χ3n) is 23.3. The summed E-state index contributed by atoms with van der Waals surface area (Å²) in [5, 5.41) is 28.0. The van der Waals surface area contributed by atoms with Gasteiger partial charge in [-0.15, -0.1) is 23.5 Å². The van der Waals surface area contributed by atoms with Gasteiger partial charge in [0.15, 0.2) is 0 Å². The van der Waals surface area contributed by atoms with Crippen LogP contribution in [0.4, 0.5) is 14.4 Å². The highest BCUT2D eigenvalue weighted by molar-refractivity contribution is 8.00. The molecule has 0 spiro atoms. The van der Waals surface area contributed by atoms with Gasteiger partial charge in [-0.25, -0.2) is 14.4 Å². The Kier molecular flexibility index (Phi) is 50.5. The summed E-state index contributed by atoms with van der Waals surface area (Å²) in [6.07, 6.45) is -1.11. The predicted molar refractivity (Wildman–Crippen MR) is 579 cm³/mol. The fraction of sp³-hybridized carbons (Fsp3) is 0.295. The molecule has 26 heteroatoms. The van der Waals surface area contributed by atoms with E-state index < -0.39 is 52.1 Å². The molecule has 0 aromatic heterocycles. The van der Waals surface area contributed by atoms with Crippen molar-refractivity contribution in [2.45, 2.75) is 105 Å². The molecule has 15 rings (SSSR count). The molecule has 3 aliphatic carbocycles. The second-order valence-corrected chi connectivity index (χ2v) is 36.2. The van der Waals surface area contributed by atoms with E-state index >= 15 is 0 Å². The minimum absolute atomic E-state index is 0. The van der Waals surface area contributed by atoms with Gasteiger partial charge >= 0.3 is 29.6 Å². The molecule has 3 aliphatic rings. The zero-order valence-corrected chi connectivity index (χ0v) is 83.4. The molecule has 12 N–H and O–H groups in total. The van der Waals surface area contributed by atoms with Crippen molar-refractivity contribution in [1.82, 2.24) is 21.3 Å². The largest absolute Gasteiger partial charge is 0.481 e. The summed E-state index contributed by atoms with van der Waals surface area (Å²) in [6, 6.07) is 106. The number of rotatable bonds is 31. The van der Waals surface area contributed by atoms with Crippen LogP contribution < -0.4 is 38.5 Å². The monoisotopic (exact) mass is 1950 g/mol. The Labute approximate surface area is 849 Å². The van der Waals surface area contributed by atoms with Crippen molar-refractivity contribution in [1.29, 1.82) is 0 Å². The second-order valence-electron chi connectivity index (χ2n) is 32.8. The van der Waals surface area contributed by atoms with Crippen molar-refractivity contribution in [2.75, 3.05) is 82.9 Å². The molecule has 4 unspecified atom stereocenters. The number of halogens is 1. The van der Waals surface area contributed by atoms with Crippen molar-refractivity contribution in [2.24, 2.45) is 40.9 Å². The third-order valence-corrected chi connectivity index (χ3v) is 26.8. The van der Waals surface area contributed by atoms with E-state index in [2.05, 4.69) is 289 Å². The van der Waals surface area contributed by atoms with Crippen LogP contribution in [-0.2, 0) is 42.9 Å². The number of carboxylic acid groups (broad SMARTS) is 2. The number of fused-ring (bicyclic) bond motifs is 9. The number of alkyl carbamates (subject to hydrolysis) is 2. The fourth-order valence-electron chi connectivity index (χ4n) is 15.9. The molecule has 0 saturated heterocycles. The van der Waals surface area contributed by atoms with E-state index in [1.54, 1.807) is 13.8 Å². The Hall–Kier alpha value is -11.6. The maximum Gasteiger partial charge on any atom is 0.407 e. The second kappa shape index (κ2) is 59.6. The first kappa shape index (κ1) is 117. The number of hydrogen-bond donors (Lipinski definition) is 10. The first-order valence-electron chi connectivity index (χ1n) is 44.7. The molecule has 0 fully saturated rings. The van der Waals surface area contributed by atoms with Gasteiger partial charge in [0.2, 0.25) is 11.8 Å². The van der Waals surface area contributed by atoms with E-state index in [4.69, 9.17) is 53.2 Å². The number of ether oxygens (including phenoxy) is 3. The lowest BCUT2D eigenvalue weighted by Gasteiger charge is -2.36. The van der Waals surface area contributed by atoms with Crippen molar-refractivity contribution in [3.8, 4) is 33.4 Å². The molecule has 0 bridgehead atoms. The Morgan fingerprint density at radius 3 is 0.884 bits per heavy atom. The molecule has 4 amide bonds. The molecular weight excluding hydrogens is 1820 g/mol. The molecular formula is C112H134AlB2ClN7O12S3. The smallest absolute Gasteiger partial charge is 0.407 e. The van der Waals surface area contributed by atoms with Gasteiger partial charge in [0.25, 0.3) is 0 Å². The average Bonchev–Trinajstić information content (AvgIpc) is 1.36. The summed E-state index contributed by atoms with van der Waals surface area (Å²) in [5.74, 6) is -1.09. The first-order valence-corrected chi connectivity index (χ1v) is 47.7. The van der Waals surface area contributed by atoms with Crippen molar-refractivity contribution in [3.63, 3.8) is 0 Å². The lowest BCUT2D eigenvalue weighted by Crippen LogP contribution is -2.39. The summed E-state index contributed by atoms with van der Waals surface area (Å²) in [6.45, 7) is 18.6. The van der Waals surface area contributed by atoms with Crippen LogP contribution in [0.1, 0.15) is 157 Å². The number of thiol groups is 1. The van der Waals surface area contributed by atoms with Crippen LogP contribution in [-0.4, -0.2) is 167 Å². The van der Waals surface area contributed by atoms with E-state index in [1.807, 2.05) is 121 Å². The fourth-order valence-corrected chi connectivity index (χ4v) is 18.8. The number of carboxylic acids is 2. The third kappa shape index (κ3) is 31.7. The SMILES string of the molecule is C.C.C.CC(CN)C(=O)NCCS.CC(CN)C(=O)O.CC(CNC(=O)OCC1c2ccccc2-c2ccccc21)C(=O)O.Cc1ccc(C(SCCN)(c2ccccc2)c2ccc(C)cc2)cc1.Cc1ccc(C(SCCNC(=O)C(C)CNC(=O)OCC2c3ccccc3-c3ccccc32)(c2ccccc2)c2ccc(C)cc2)cc1.O=C(Cl)OCC1c2ccccc2-c2ccccc21.[AlH2].[B][B]. The highest BCUT2D eigenvalue weighted by Gasteiger charge is 2.40. The minimum Gasteiger partial charge on any atom is -0.481 e. The topological polar surface area (TPSA) is 314 Å². The van der Waals surface area contributed by atoms with Crippen LogP contribution in [0, 0.1) is 51.4 Å². The number of carbonyl (C=O) groups is 7. The van der Waals surface area contributed by atoms with Gasteiger partial charge in [-0.2, -0.15) is 12.6 Å². The quantitative estimate of drug-likeness (QED) is 0.00482. The zero-order valence-electron chi connectivity index (χ0n) is 78.1. The molecule has 0 heterocycles. The normalized spacial score (nSPS) is 12.3. The lowest BCUT2D eigenvalue weighted by atomic mass is 9.81. The molecule has 12 aromatic rings. The summed E-state index contributed by atoms with van der Waals surface area (Å²) < 4.78 is 15.3. The summed E-state index contributed by atoms with van der Waals surface area (Å²) in [5.41, 5.74) is 42.0. The molecule has 138 heavy (non-hydrogen) atoms. The van der Waals surface area contributed by atoms with Crippen LogP contribution >= 0.6 is 47.8 Å². The van der Waals surface area contributed by atoms with Gasteiger partial charge in [0, 0.05) is 114 Å². The summed E-state index contributed by atoms with van der Waals surface area (Å²) in [4.78, 5) is 79.9. The van der Waals surface area contributed by atoms with Crippen LogP contribution in [0.5, 0.6) is 0 Å².